The predicted octanol–water partition coefficient (Wildman–Crippen LogP) is 23.4. The minimum atomic E-state index is -4.35. The SMILES string of the molecule is CCCCCCCCCC/C=C\CCCCCCCCCCCCCCCCCCCCCC(=O)NC(COP(=O)(O)OCC[N+](C)(C)C)C(O)/C=C/CCCCCCCCCCCCCCCCCCCCCCCCCCCCC. The third-order valence-electron chi connectivity index (χ3n) is 17.2. The highest BCUT2D eigenvalue weighted by molar-refractivity contribution is 7.47. The lowest BCUT2D eigenvalue weighted by atomic mass is 10.0. The van der Waals surface area contributed by atoms with Crippen LogP contribution < -0.4 is 5.32 Å². The molecule has 0 heterocycles. The van der Waals surface area contributed by atoms with E-state index in [0.717, 1.165) is 32.1 Å². The third kappa shape index (κ3) is 66.5. The van der Waals surface area contributed by atoms with Crippen molar-refractivity contribution in [2.24, 2.45) is 0 Å². The minimum Gasteiger partial charge on any atom is -0.387 e. The fourth-order valence-corrected chi connectivity index (χ4v) is 12.2. The molecule has 8 nitrogen and oxygen atoms in total. The van der Waals surface area contributed by atoms with Crippen LogP contribution in [0.15, 0.2) is 24.3 Å². The molecule has 0 radical (unpaired) electrons. The maximum absolute atomic E-state index is 13.1. The standard InChI is InChI=1S/C73H145N2O6P/c1-6-8-10-12-14-16-18-20-22-24-26-28-30-32-34-36-37-39-41-43-45-47-49-51-53-55-57-59-61-63-65-67-73(77)74-71(70-81-82(78,79)80-69-68-75(3,4)5)72(76)66-64-62-60-58-56-54-52-50-48-46-44-42-40-38-35-33-31-29-27-25-23-21-19-17-15-13-11-9-7-2/h24,26,64,66,71-72,76H,6-23,25,27-63,65,67-70H2,1-5H3,(H-,74,77,78,79)/p+1/b26-24-,66-64+. The van der Waals surface area contributed by atoms with Crippen molar-refractivity contribution in [2.75, 3.05) is 40.9 Å². The Labute approximate surface area is 513 Å². The van der Waals surface area contributed by atoms with E-state index in [2.05, 4.69) is 31.3 Å². The van der Waals surface area contributed by atoms with E-state index in [1.54, 1.807) is 6.08 Å². The third-order valence-corrected chi connectivity index (χ3v) is 18.1. The molecule has 3 N–H and O–H groups in total. The van der Waals surface area contributed by atoms with Crippen LogP contribution in [0.4, 0.5) is 0 Å². The Morgan fingerprint density at radius 3 is 0.939 bits per heavy atom. The molecular formula is C73H146N2O6P+. The molecule has 0 rings (SSSR count). The number of allylic oxidation sites excluding steroid dienone is 3. The van der Waals surface area contributed by atoms with Crippen LogP contribution in [-0.4, -0.2) is 73.4 Å². The molecule has 0 aliphatic rings. The van der Waals surface area contributed by atoms with Gasteiger partial charge in [0.1, 0.15) is 13.2 Å². The number of likely N-dealkylation sites (N-methyl/N-ethyl adjacent to an activating group) is 1. The second-order valence-corrected chi connectivity index (χ2v) is 28.1. The van der Waals surface area contributed by atoms with E-state index in [-0.39, 0.29) is 19.1 Å². The Morgan fingerprint density at radius 2 is 0.659 bits per heavy atom. The summed E-state index contributed by atoms with van der Waals surface area (Å²) >= 11 is 0. The first-order chi connectivity index (χ1) is 40.0. The number of rotatable bonds is 69. The zero-order valence-corrected chi connectivity index (χ0v) is 56.9. The normalized spacial score (nSPS) is 13.7. The van der Waals surface area contributed by atoms with Crippen LogP contribution in [0.3, 0.4) is 0 Å². The van der Waals surface area contributed by atoms with Crippen LogP contribution in [0.2, 0.25) is 0 Å². The molecule has 3 atom stereocenters. The van der Waals surface area contributed by atoms with Crippen LogP contribution in [0.1, 0.15) is 386 Å². The van der Waals surface area contributed by atoms with Gasteiger partial charge < -0.3 is 19.8 Å². The first-order valence-electron chi connectivity index (χ1n) is 36.7. The van der Waals surface area contributed by atoms with Gasteiger partial charge in [0, 0.05) is 6.42 Å². The van der Waals surface area contributed by atoms with Crippen LogP contribution in [0, 0.1) is 0 Å². The van der Waals surface area contributed by atoms with E-state index >= 15 is 0 Å². The molecule has 0 aromatic heterocycles. The largest absolute Gasteiger partial charge is 0.472 e. The van der Waals surface area contributed by atoms with Crippen molar-refractivity contribution in [3.63, 3.8) is 0 Å². The van der Waals surface area contributed by atoms with Crippen molar-refractivity contribution in [3.05, 3.63) is 24.3 Å². The van der Waals surface area contributed by atoms with Crippen molar-refractivity contribution in [2.45, 2.75) is 398 Å². The number of amides is 1. The molecular weight excluding hydrogens is 1030 g/mol. The number of carbonyl (C=O) groups is 1. The number of aliphatic hydroxyl groups excluding tert-OH is 1. The van der Waals surface area contributed by atoms with Gasteiger partial charge in [0.2, 0.25) is 5.91 Å². The molecule has 3 unspecified atom stereocenters. The van der Waals surface area contributed by atoms with E-state index in [4.69, 9.17) is 9.05 Å². The van der Waals surface area contributed by atoms with Crippen molar-refractivity contribution in [1.29, 1.82) is 0 Å². The number of aliphatic hydroxyl groups is 1. The van der Waals surface area contributed by atoms with Crippen LogP contribution in [-0.2, 0) is 18.4 Å². The van der Waals surface area contributed by atoms with Gasteiger partial charge in [0.05, 0.1) is 39.9 Å². The fourth-order valence-electron chi connectivity index (χ4n) is 11.5. The number of phosphoric acid groups is 1. The average Bonchev–Trinajstić information content (AvgIpc) is 3.47. The molecule has 0 aromatic carbocycles. The first kappa shape index (κ1) is 81.0. The monoisotopic (exact) mass is 1180 g/mol. The zero-order chi connectivity index (χ0) is 59.8. The molecule has 0 saturated heterocycles. The number of hydrogen-bond acceptors (Lipinski definition) is 5. The second-order valence-electron chi connectivity index (χ2n) is 26.7. The van der Waals surface area contributed by atoms with E-state index < -0.39 is 20.0 Å². The topological polar surface area (TPSA) is 105 Å². The van der Waals surface area contributed by atoms with Gasteiger partial charge in [-0.1, -0.05) is 359 Å². The smallest absolute Gasteiger partial charge is 0.387 e. The summed E-state index contributed by atoms with van der Waals surface area (Å²) in [5, 5.41) is 14.0. The van der Waals surface area contributed by atoms with E-state index in [0.29, 0.717) is 17.4 Å². The first-order valence-corrected chi connectivity index (χ1v) is 38.2. The lowest BCUT2D eigenvalue weighted by Crippen LogP contribution is -2.45. The van der Waals surface area contributed by atoms with Gasteiger partial charge in [0.25, 0.3) is 0 Å². The summed E-state index contributed by atoms with van der Waals surface area (Å²) in [7, 11) is 1.59. The summed E-state index contributed by atoms with van der Waals surface area (Å²) in [5.41, 5.74) is 0. The van der Waals surface area contributed by atoms with E-state index in [9.17, 15) is 19.4 Å². The Balaban J connectivity index is 4.01. The number of phosphoric ester groups is 1. The molecule has 9 heteroatoms. The van der Waals surface area contributed by atoms with Crippen molar-refractivity contribution in [3.8, 4) is 0 Å². The average molecular weight is 1180 g/mol. The molecule has 0 aliphatic carbocycles. The van der Waals surface area contributed by atoms with Crippen LogP contribution in [0.25, 0.3) is 0 Å². The number of carbonyl (C=O) groups excluding carboxylic acids is 1. The second kappa shape index (κ2) is 64.5. The Morgan fingerprint density at radius 1 is 0.402 bits per heavy atom. The van der Waals surface area contributed by atoms with Crippen molar-refractivity contribution in [1.82, 2.24) is 5.32 Å². The summed E-state index contributed by atoms with van der Waals surface area (Å²) in [6.45, 7) is 4.88. The van der Waals surface area contributed by atoms with Gasteiger partial charge in [0.15, 0.2) is 0 Å². The summed E-state index contributed by atoms with van der Waals surface area (Å²) in [6.07, 6.45) is 84.8. The summed E-state index contributed by atoms with van der Waals surface area (Å²) in [4.78, 5) is 23.4. The molecule has 0 saturated carbocycles. The highest BCUT2D eigenvalue weighted by Crippen LogP contribution is 2.43. The lowest BCUT2D eigenvalue weighted by molar-refractivity contribution is -0.870. The van der Waals surface area contributed by atoms with Crippen molar-refractivity contribution < 1.29 is 32.9 Å². The van der Waals surface area contributed by atoms with E-state index in [1.165, 1.54) is 334 Å². The lowest BCUT2D eigenvalue weighted by Gasteiger charge is -2.25. The Hall–Kier alpha value is -1.02. The maximum Gasteiger partial charge on any atom is 0.472 e. The molecule has 0 fully saturated rings. The number of unbranched alkanes of at least 4 members (excludes halogenated alkanes) is 54. The van der Waals surface area contributed by atoms with Gasteiger partial charge in [-0.2, -0.15) is 0 Å². The molecule has 0 bridgehead atoms. The summed E-state index contributed by atoms with van der Waals surface area (Å²) < 4.78 is 23.9. The summed E-state index contributed by atoms with van der Waals surface area (Å²) in [6, 6.07) is -0.846. The molecule has 82 heavy (non-hydrogen) atoms. The molecule has 0 aliphatic heterocycles. The summed E-state index contributed by atoms with van der Waals surface area (Å²) in [5.74, 6) is -0.168. The zero-order valence-electron chi connectivity index (χ0n) is 56.0. The number of quaternary nitrogens is 1. The Kier molecular flexibility index (Phi) is 63.7. The van der Waals surface area contributed by atoms with Gasteiger partial charge in [-0.15, -0.1) is 0 Å². The highest BCUT2D eigenvalue weighted by Gasteiger charge is 2.28. The van der Waals surface area contributed by atoms with Gasteiger partial charge in [-0.05, 0) is 44.9 Å². The predicted molar refractivity (Wildman–Crippen MR) is 360 cm³/mol. The maximum atomic E-state index is 13.1. The Bertz CT molecular complexity index is 1390. The van der Waals surface area contributed by atoms with E-state index in [1.807, 2.05) is 27.2 Å². The molecule has 488 valence electrons. The fraction of sp³-hybridized carbons (Fsp3) is 0.932. The number of nitrogens with zero attached hydrogens (tertiary/aromatic N) is 1. The highest BCUT2D eigenvalue weighted by atomic mass is 31.2. The number of hydrogen-bond donors (Lipinski definition) is 3. The quantitative estimate of drug-likeness (QED) is 0.0243. The molecule has 0 spiro atoms. The van der Waals surface area contributed by atoms with Gasteiger partial charge in [-0.25, -0.2) is 4.57 Å². The molecule has 1 amide bonds. The molecule has 0 aromatic rings. The van der Waals surface area contributed by atoms with Gasteiger partial charge in [-0.3, -0.25) is 13.8 Å². The number of nitrogens with one attached hydrogen (secondary N) is 1. The minimum absolute atomic E-state index is 0.0645. The van der Waals surface area contributed by atoms with Crippen LogP contribution in [0.5, 0.6) is 0 Å². The van der Waals surface area contributed by atoms with Gasteiger partial charge >= 0.3 is 7.82 Å². The van der Waals surface area contributed by atoms with Crippen molar-refractivity contribution >= 4 is 13.7 Å². The van der Waals surface area contributed by atoms with Crippen LogP contribution >= 0.6 is 7.82 Å².